The number of carbonyl (C=O) groups is 2. The molecule has 1 fully saturated rings. The van der Waals surface area contributed by atoms with E-state index in [1.807, 2.05) is 49.4 Å². The number of hydrogen-bond donors (Lipinski definition) is 2. The van der Waals surface area contributed by atoms with Crippen LogP contribution in [0.3, 0.4) is 0 Å². The van der Waals surface area contributed by atoms with Crippen LogP contribution in [-0.4, -0.2) is 37.2 Å². The lowest BCUT2D eigenvalue weighted by Gasteiger charge is -2.28. The smallest absolute Gasteiger partial charge is 0.239 e. The first-order valence-corrected chi connectivity index (χ1v) is 10.6. The Morgan fingerprint density at radius 1 is 1.26 bits per heavy atom. The summed E-state index contributed by atoms with van der Waals surface area (Å²) in [5, 5.41) is 5.78. The van der Waals surface area contributed by atoms with Crippen LogP contribution in [0, 0.1) is 6.92 Å². The summed E-state index contributed by atoms with van der Waals surface area (Å²) >= 11 is 4.99. The van der Waals surface area contributed by atoms with Crippen molar-refractivity contribution in [2.75, 3.05) is 30.3 Å². The fourth-order valence-corrected chi connectivity index (χ4v) is 4.17. The number of carbonyl (C=O) groups excluding carboxylic acids is 2. The molecule has 0 spiro atoms. The fraction of sp³-hybridized carbons (Fsp3) is 0.300. The maximum atomic E-state index is 12.1. The van der Waals surface area contributed by atoms with Gasteiger partial charge in [0.1, 0.15) is 0 Å². The molecule has 1 heterocycles. The van der Waals surface area contributed by atoms with Gasteiger partial charge in [-0.05, 0) is 48.4 Å². The zero-order valence-electron chi connectivity index (χ0n) is 15.1. The molecule has 27 heavy (non-hydrogen) atoms. The average Bonchev–Trinajstić information content (AvgIpc) is 2.66. The van der Waals surface area contributed by atoms with Crippen LogP contribution in [0.2, 0.25) is 0 Å². The van der Waals surface area contributed by atoms with Crippen molar-refractivity contribution in [1.29, 1.82) is 0 Å². The molecule has 1 saturated heterocycles. The third kappa shape index (κ3) is 5.74. The summed E-state index contributed by atoms with van der Waals surface area (Å²) in [6.07, 6.45) is 0. The van der Waals surface area contributed by atoms with Gasteiger partial charge in [-0.3, -0.25) is 9.59 Å². The average molecular weight is 448 g/mol. The van der Waals surface area contributed by atoms with E-state index in [4.69, 9.17) is 0 Å². The van der Waals surface area contributed by atoms with E-state index in [2.05, 4.69) is 31.5 Å². The van der Waals surface area contributed by atoms with Gasteiger partial charge in [0.25, 0.3) is 0 Å². The number of rotatable bonds is 6. The highest BCUT2D eigenvalue weighted by molar-refractivity contribution is 9.10. The molecule has 142 valence electrons. The van der Waals surface area contributed by atoms with E-state index in [1.54, 1.807) is 11.8 Å². The Kier molecular flexibility index (Phi) is 6.79. The number of amides is 2. The lowest BCUT2D eigenvalue weighted by Crippen LogP contribution is -2.47. The quantitative estimate of drug-likeness (QED) is 0.667. The normalized spacial score (nSPS) is 14.0. The fourth-order valence-electron chi connectivity index (χ4n) is 2.85. The number of nitrogens with one attached hydrogen (secondary N) is 2. The Morgan fingerprint density at radius 2 is 2.04 bits per heavy atom. The minimum absolute atomic E-state index is 0.0131. The minimum atomic E-state index is 0.0131. The molecule has 2 amide bonds. The van der Waals surface area contributed by atoms with E-state index in [0.717, 1.165) is 32.7 Å². The van der Waals surface area contributed by atoms with Crippen molar-refractivity contribution in [2.45, 2.75) is 18.4 Å². The number of piperazine rings is 1. The predicted molar refractivity (Wildman–Crippen MR) is 113 cm³/mol. The molecule has 0 aromatic heterocycles. The molecular formula is C20H22BrN3O2S. The van der Waals surface area contributed by atoms with E-state index in [0.29, 0.717) is 25.4 Å². The summed E-state index contributed by atoms with van der Waals surface area (Å²) in [5.41, 5.74) is 3.23. The van der Waals surface area contributed by atoms with Gasteiger partial charge in [-0.2, -0.15) is 0 Å². The largest absolute Gasteiger partial charge is 0.360 e. The molecule has 5 nitrogen and oxygen atoms in total. The molecule has 7 heteroatoms. The summed E-state index contributed by atoms with van der Waals surface area (Å²) < 4.78 is 1.04. The summed E-state index contributed by atoms with van der Waals surface area (Å²) in [7, 11) is 0. The molecular weight excluding hydrogens is 426 g/mol. The van der Waals surface area contributed by atoms with Crippen LogP contribution in [0.25, 0.3) is 0 Å². The molecule has 0 atom stereocenters. The third-order valence-corrected chi connectivity index (χ3v) is 5.99. The van der Waals surface area contributed by atoms with Gasteiger partial charge in [-0.15, -0.1) is 11.8 Å². The Morgan fingerprint density at radius 3 is 2.74 bits per heavy atom. The number of anilines is 1. The predicted octanol–water partition coefficient (Wildman–Crippen LogP) is 3.10. The molecule has 0 unspecified atom stereocenters. The second kappa shape index (κ2) is 9.28. The van der Waals surface area contributed by atoms with Crippen LogP contribution in [0.4, 0.5) is 5.69 Å². The number of benzene rings is 2. The Balaban J connectivity index is 1.46. The zero-order valence-corrected chi connectivity index (χ0v) is 17.5. The molecule has 3 rings (SSSR count). The van der Waals surface area contributed by atoms with Crippen LogP contribution >= 0.6 is 27.7 Å². The first-order chi connectivity index (χ1) is 13.0. The molecule has 0 radical (unpaired) electrons. The Bertz CT molecular complexity index is 826. The minimum Gasteiger partial charge on any atom is -0.360 e. The van der Waals surface area contributed by atoms with Gasteiger partial charge in [-0.25, -0.2) is 0 Å². The maximum Gasteiger partial charge on any atom is 0.239 e. The third-order valence-electron chi connectivity index (χ3n) is 4.33. The van der Waals surface area contributed by atoms with Crippen LogP contribution < -0.4 is 15.5 Å². The van der Waals surface area contributed by atoms with Gasteiger partial charge in [0.15, 0.2) is 0 Å². The van der Waals surface area contributed by atoms with Gasteiger partial charge in [0.05, 0.1) is 12.3 Å². The van der Waals surface area contributed by atoms with Crippen molar-refractivity contribution in [3.63, 3.8) is 0 Å². The van der Waals surface area contributed by atoms with Gasteiger partial charge in [0.2, 0.25) is 11.8 Å². The molecule has 2 N–H and O–H groups in total. The topological polar surface area (TPSA) is 61.4 Å². The lowest BCUT2D eigenvalue weighted by molar-refractivity contribution is -0.120. The van der Waals surface area contributed by atoms with Gasteiger partial charge < -0.3 is 15.5 Å². The van der Waals surface area contributed by atoms with Crippen LogP contribution in [-0.2, 0) is 16.1 Å². The second-order valence-corrected chi connectivity index (χ2v) is 8.35. The van der Waals surface area contributed by atoms with Crippen molar-refractivity contribution in [1.82, 2.24) is 10.6 Å². The molecule has 0 bridgehead atoms. The number of hydrogen-bond acceptors (Lipinski definition) is 4. The molecule has 2 aromatic rings. The SMILES string of the molecule is Cc1cc(Br)ccc1SCC(=O)NCc1ccc(N2CCNC(=O)C2)cc1. The van der Waals surface area contributed by atoms with Crippen LogP contribution in [0.1, 0.15) is 11.1 Å². The van der Waals surface area contributed by atoms with Crippen molar-refractivity contribution in [3.8, 4) is 0 Å². The number of nitrogens with zero attached hydrogens (tertiary/aromatic N) is 1. The molecule has 1 aliphatic rings. The van der Waals surface area contributed by atoms with E-state index in [1.165, 1.54) is 0 Å². The van der Waals surface area contributed by atoms with Gasteiger partial charge >= 0.3 is 0 Å². The second-order valence-electron chi connectivity index (χ2n) is 6.41. The van der Waals surface area contributed by atoms with E-state index in [-0.39, 0.29) is 11.8 Å². The summed E-state index contributed by atoms with van der Waals surface area (Å²) in [5.74, 6) is 0.457. The monoisotopic (exact) mass is 447 g/mol. The van der Waals surface area contributed by atoms with Crippen molar-refractivity contribution in [2.24, 2.45) is 0 Å². The zero-order chi connectivity index (χ0) is 19.2. The van der Waals surface area contributed by atoms with Gasteiger partial charge in [-0.1, -0.05) is 28.1 Å². The van der Waals surface area contributed by atoms with Crippen molar-refractivity contribution >= 4 is 45.2 Å². The van der Waals surface area contributed by atoms with E-state index < -0.39 is 0 Å². The Labute approximate surface area is 172 Å². The van der Waals surface area contributed by atoms with E-state index in [9.17, 15) is 9.59 Å². The van der Waals surface area contributed by atoms with E-state index >= 15 is 0 Å². The van der Waals surface area contributed by atoms with Gasteiger partial charge in [0, 0.05) is 34.7 Å². The lowest BCUT2D eigenvalue weighted by atomic mass is 10.2. The number of aryl methyl sites for hydroxylation is 1. The van der Waals surface area contributed by atoms with Crippen LogP contribution in [0.5, 0.6) is 0 Å². The highest BCUT2D eigenvalue weighted by Gasteiger charge is 2.16. The molecule has 1 aliphatic heterocycles. The highest BCUT2D eigenvalue weighted by atomic mass is 79.9. The molecule has 0 aliphatic carbocycles. The standard InChI is InChI=1S/C20H22BrN3O2S/c1-14-10-16(21)4-7-18(14)27-13-20(26)23-11-15-2-5-17(6-3-15)24-9-8-22-19(25)12-24/h2-7,10H,8-9,11-13H2,1H3,(H,22,25)(H,23,26). The number of halogens is 1. The maximum absolute atomic E-state index is 12.1. The highest BCUT2D eigenvalue weighted by Crippen LogP contribution is 2.25. The first kappa shape index (κ1) is 19.8. The molecule has 2 aromatic carbocycles. The summed E-state index contributed by atoms with van der Waals surface area (Å²) in [4.78, 5) is 26.8. The number of thioether (sulfide) groups is 1. The van der Waals surface area contributed by atoms with Crippen LogP contribution in [0.15, 0.2) is 51.8 Å². The first-order valence-electron chi connectivity index (χ1n) is 8.77. The van der Waals surface area contributed by atoms with Crippen molar-refractivity contribution in [3.05, 3.63) is 58.1 Å². The summed E-state index contributed by atoms with van der Waals surface area (Å²) in [6, 6.07) is 14.0. The van der Waals surface area contributed by atoms with Crippen molar-refractivity contribution < 1.29 is 9.59 Å². The summed E-state index contributed by atoms with van der Waals surface area (Å²) in [6.45, 7) is 4.42. The Hall–Kier alpha value is -1.99. The molecule has 0 saturated carbocycles.